The van der Waals surface area contributed by atoms with Gasteiger partial charge in [-0.1, -0.05) is 0 Å². The smallest absolute Gasteiger partial charge is 0.337 e. The van der Waals surface area contributed by atoms with Crippen molar-refractivity contribution < 1.29 is 24.2 Å². The number of esters is 1. The summed E-state index contributed by atoms with van der Waals surface area (Å²) in [6.45, 7) is 5.75. The Labute approximate surface area is 159 Å². The Bertz CT molecular complexity index is 693. The number of carbonyl (C=O) groups is 3. The van der Waals surface area contributed by atoms with Crippen LogP contribution in [0.4, 0.5) is 0 Å². The van der Waals surface area contributed by atoms with Crippen molar-refractivity contribution in [1.82, 2.24) is 10.6 Å². The molecule has 1 aliphatic carbocycles. The zero-order chi connectivity index (χ0) is 20.2. The Hall–Kier alpha value is -2.41. The third-order valence-corrected chi connectivity index (χ3v) is 4.57. The molecule has 0 heterocycles. The second-order valence-electron chi connectivity index (χ2n) is 7.97. The number of amides is 2. The number of methoxy groups -OCH3 is 1. The highest BCUT2D eigenvalue weighted by atomic mass is 16.5. The van der Waals surface area contributed by atoms with Crippen LogP contribution in [0.3, 0.4) is 0 Å². The Morgan fingerprint density at radius 3 is 2.22 bits per heavy atom. The monoisotopic (exact) mass is 376 g/mol. The first-order valence-corrected chi connectivity index (χ1v) is 9.10. The van der Waals surface area contributed by atoms with Crippen LogP contribution in [0.15, 0.2) is 24.3 Å². The largest absolute Gasteiger partial charge is 0.465 e. The molecule has 0 unspecified atom stereocenters. The third-order valence-electron chi connectivity index (χ3n) is 4.57. The van der Waals surface area contributed by atoms with Crippen molar-refractivity contribution in [2.24, 2.45) is 5.92 Å². The Morgan fingerprint density at radius 1 is 1.07 bits per heavy atom. The lowest BCUT2D eigenvalue weighted by Gasteiger charge is -2.34. The van der Waals surface area contributed by atoms with Crippen LogP contribution in [0.1, 0.15) is 60.7 Å². The molecular formula is C20H28N2O5. The number of aliphatic hydroxyl groups is 1. The van der Waals surface area contributed by atoms with Crippen LogP contribution >= 0.6 is 0 Å². The van der Waals surface area contributed by atoms with Crippen molar-refractivity contribution in [3.05, 3.63) is 35.4 Å². The van der Waals surface area contributed by atoms with E-state index in [0.29, 0.717) is 30.4 Å². The zero-order valence-corrected chi connectivity index (χ0v) is 16.2. The number of hydrogen-bond acceptors (Lipinski definition) is 5. The van der Waals surface area contributed by atoms with Gasteiger partial charge in [0.05, 0.1) is 24.8 Å². The molecule has 0 radical (unpaired) electrons. The maximum atomic E-state index is 12.5. The fraction of sp³-hybridized carbons (Fsp3) is 0.550. The Kier molecular flexibility index (Phi) is 6.59. The van der Waals surface area contributed by atoms with E-state index in [1.54, 1.807) is 0 Å². The minimum atomic E-state index is -0.693. The molecule has 7 nitrogen and oxygen atoms in total. The predicted octanol–water partition coefficient (Wildman–Crippen LogP) is 1.65. The van der Waals surface area contributed by atoms with Crippen LogP contribution in [-0.4, -0.2) is 47.7 Å². The summed E-state index contributed by atoms with van der Waals surface area (Å²) >= 11 is 0. The topological polar surface area (TPSA) is 105 Å². The lowest BCUT2D eigenvalue weighted by molar-refractivity contribution is -0.128. The van der Waals surface area contributed by atoms with Crippen molar-refractivity contribution in [2.75, 3.05) is 7.11 Å². The first-order chi connectivity index (χ1) is 12.6. The molecule has 0 aromatic heterocycles. The minimum Gasteiger partial charge on any atom is -0.465 e. The molecule has 148 valence electrons. The normalized spacial score (nSPS) is 22.6. The number of rotatable bonds is 4. The fourth-order valence-electron chi connectivity index (χ4n) is 3.15. The lowest BCUT2D eigenvalue weighted by atomic mass is 9.82. The van der Waals surface area contributed by atoms with Gasteiger partial charge in [0.25, 0.3) is 5.91 Å². The van der Waals surface area contributed by atoms with Gasteiger partial charge in [-0.3, -0.25) is 9.59 Å². The zero-order valence-electron chi connectivity index (χ0n) is 16.2. The van der Waals surface area contributed by atoms with Crippen LogP contribution in [0.25, 0.3) is 0 Å². The van der Waals surface area contributed by atoms with Crippen molar-refractivity contribution in [2.45, 2.75) is 57.7 Å². The summed E-state index contributed by atoms with van der Waals surface area (Å²) in [7, 11) is 1.29. The van der Waals surface area contributed by atoms with Crippen LogP contribution in [0.2, 0.25) is 0 Å². The van der Waals surface area contributed by atoms with Crippen LogP contribution in [0.5, 0.6) is 0 Å². The van der Waals surface area contributed by atoms with E-state index in [4.69, 9.17) is 0 Å². The van der Waals surface area contributed by atoms with Gasteiger partial charge >= 0.3 is 5.97 Å². The van der Waals surface area contributed by atoms with E-state index in [1.807, 2.05) is 20.8 Å². The molecule has 7 heteroatoms. The van der Waals surface area contributed by atoms with Crippen molar-refractivity contribution in [3.8, 4) is 0 Å². The molecule has 1 aromatic carbocycles. The third kappa shape index (κ3) is 5.79. The van der Waals surface area contributed by atoms with E-state index in [2.05, 4.69) is 15.4 Å². The van der Waals surface area contributed by atoms with Gasteiger partial charge in [0.1, 0.15) is 0 Å². The molecule has 3 N–H and O–H groups in total. The van der Waals surface area contributed by atoms with Crippen LogP contribution < -0.4 is 10.6 Å². The molecule has 2 amide bonds. The summed E-state index contributed by atoms with van der Waals surface area (Å²) in [6.07, 6.45) is 0.731. The number of aliphatic hydroxyl groups excluding tert-OH is 1. The predicted molar refractivity (Wildman–Crippen MR) is 100 cm³/mol. The maximum Gasteiger partial charge on any atom is 0.337 e. The van der Waals surface area contributed by atoms with E-state index < -0.39 is 18.1 Å². The molecule has 3 atom stereocenters. The standard InChI is InChI=1S/C20H28N2O5/c1-20(2,3)22-18(25)14-9-10-16(23)15(11-14)21-17(24)12-5-7-13(8-6-12)19(26)27-4/h5-8,14-16,23H,9-11H2,1-4H3,(H,21,24)(H,22,25)/t14-,15+,16+/m0/s1. The summed E-state index contributed by atoms with van der Waals surface area (Å²) in [5.41, 5.74) is 0.398. The molecule has 0 bridgehead atoms. The summed E-state index contributed by atoms with van der Waals surface area (Å²) < 4.78 is 4.63. The number of benzene rings is 1. The van der Waals surface area contributed by atoms with E-state index in [0.717, 1.165) is 0 Å². The van der Waals surface area contributed by atoms with E-state index in [-0.39, 0.29) is 23.3 Å². The SMILES string of the molecule is COC(=O)c1ccc(C(=O)N[C@@H]2C[C@@H](C(=O)NC(C)(C)C)CC[C@H]2O)cc1. The van der Waals surface area contributed by atoms with Crippen molar-refractivity contribution in [3.63, 3.8) is 0 Å². The highest BCUT2D eigenvalue weighted by molar-refractivity contribution is 5.96. The highest BCUT2D eigenvalue weighted by Crippen LogP contribution is 2.26. The number of nitrogens with one attached hydrogen (secondary N) is 2. The number of hydrogen-bond donors (Lipinski definition) is 3. The lowest BCUT2D eigenvalue weighted by Crippen LogP contribution is -2.51. The second-order valence-corrected chi connectivity index (χ2v) is 7.97. The highest BCUT2D eigenvalue weighted by Gasteiger charge is 2.34. The van der Waals surface area contributed by atoms with Gasteiger partial charge in [-0.15, -0.1) is 0 Å². The molecule has 1 saturated carbocycles. The molecule has 1 fully saturated rings. The molecule has 1 aromatic rings. The van der Waals surface area contributed by atoms with E-state index in [1.165, 1.54) is 31.4 Å². The Morgan fingerprint density at radius 2 is 1.67 bits per heavy atom. The molecule has 1 aliphatic rings. The first-order valence-electron chi connectivity index (χ1n) is 9.10. The quantitative estimate of drug-likeness (QED) is 0.693. The van der Waals surface area contributed by atoms with Gasteiger partial charge in [-0.2, -0.15) is 0 Å². The number of ether oxygens (including phenoxy) is 1. The van der Waals surface area contributed by atoms with E-state index in [9.17, 15) is 19.5 Å². The van der Waals surface area contributed by atoms with E-state index >= 15 is 0 Å². The minimum absolute atomic E-state index is 0.0592. The van der Waals surface area contributed by atoms with Gasteiger partial charge in [-0.05, 0) is 64.3 Å². The van der Waals surface area contributed by atoms with Crippen LogP contribution in [-0.2, 0) is 9.53 Å². The maximum absolute atomic E-state index is 12.5. The average molecular weight is 376 g/mol. The summed E-state index contributed by atoms with van der Waals surface area (Å²) in [5.74, 6) is -1.14. The van der Waals surface area contributed by atoms with Gasteiger partial charge in [0.15, 0.2) is 0 Å². The average Bonchev–Trinajstić information content (AvgIpc) is 2.61. The molecule has 0 aliphatic heterocycles. The van der Waals surface area contributed by atoms with Gasteiger partial charge in [-0.25, -0.2) is 4.79 Å². The Balaban J connectivity index is 2.00. The van der Waals surface area contributed by atoms with Crippen molar-refractivity contribution >= 4 is 17.8 Å². The summed E-state index contributed by atoms with van der Waals surface area (Å²) in [6, 6.07) is 5.58. The number of carbonyl (C=O) groups excluding carboxylic acids is 3. The van der Waals surface area contributed by atoms with Gasteiger partial charge < -0.3 is 20.5 Å². The molecule has 27 heavy (non-hydrogen) atoms. The fourth-order valence-corrected chi connectivity index (χ4v) is 3.15. The first kappa shape index (κ1) is 20.9. The molecule has 0 saturated heterocycles. The van der Waals surface area contributed by atoms with Crippen LogP contribution in [0, 0.1) is 5.92 Å². The summed E-state index contributed by atoms with van der Waals surface area (Å²) in [4.78, 5) is 36.3. The molecular weight excluding hydrogens is 348 g/mol. The second kappa shape index (κ2) is 8.52. The summed E-state index contributed by atoms with van der Waals surface area (Å²) in [5, 5.41) is 16.0. The van der Waals surface area contributed by atoms with Crippen molar-refractivity contribution in [1.29, 1.82) is 0 Å². The molecule has 2 rings (SSSR count). The van der Waals surface area contributed by atoms with Gasteiger partial charge in [0.2, 0.25) is 5.91 Å². The van der Waals surface area contributed by atoms with Gasteiger partial charge in [0, 0.05) is 17.0 Å². The molecule has 0 spiro atoms.